The number of amides is 2. The van der Waals surface area contributed by atoms with Gasteiger partial charge in [0.05, 0.1) is 13.7 Å². The Hall–Kier alpha value is -3.54. The van der Waals surface area contributed by atoms with E-state index in [0.717, 1.165) is 28.1 Å². The molecule has 2 amide bonds. The molecule has 0 fully saturated rings. The number of carbonyl (C=O) groups excluding carboxylic acids is 1. The molecule has 28 heavy (non-hydrogen) atoms. The number of rotatable bonds is 7. The zero-order chi connectivity index (χ0) is 19.8. The van der Waals surface area contributed by atoms with Crippen molar-refractivity contribution in [2.24, 2.45) is 0 Å². The fourth-order valence-electron chi connectivity index (χ4n) is 2.66. The monoisotopic (exact) mass is 377 g/mol. The fourth-order valence-corrected chi connectivity index (χ4v) is 2.66. The topological polar surface area (TPSA) is 72.5 Å². The van der Waals surface area contributed by atoms with Crippen molar-refractivity contribution in [2.45, 2.75) is 6.92 Å². The van der Waals surface area contributed by atoms with Crippen LogP contribution in [0.25, 0.3) is 11.1 Å². The lowest BCUT2D eigenvalue weighted by Gasteiger charge is -2.12. The van der Waals surface area contributed by atoms with E-state index in [2.05, 4.69) is 15.6 Å². The van der Waals surface area contributed by atoms with Crippen LogP contribution in [-0.4, -0.2) is 31.3 Å². The van der Waals surface area contributed by atoms with Crippen molar-refractivity contribution in [1.29, 1.82) is 0 Å². The van der Waals surface area contributed by atoms with E-state index in [1.54, 1.807) is 25.6 Å². The number of aryl methyl sites for hydroxylation is 1. The van der Waals surface area contributed by atoms with E-state index in [0.29, 0.717) is 18.9 Å². The predicted octanol–water partition coefficient (Wildman–Crippen LogP) is 4.27. The third kappa shape index (κ3) is 5.23. The lowest BCUT2D eigenvalue weighted by atomic mass is 10.0. The van der Waals surface area contributed by atoms with Gasteiger partial charge < -0.3 is 20.1 Å². The highest BCUT2D eigenvalue weighted by molar-refractivity contribution is 5.91. The second kappa shape index (κ2) is 9.41. The number of hydrogen-bond acceptors (Lipinski definition) is 4. The summed E-state index contributed by atoms with van der Waals surface area (Å²) in [6.07, 6.45) is 3.53. The van der Waals surface area contributed by atoms with Crippen molar-refractivity contribution >= 4 is 11.7 Å². The number of nitrogens with zero attached hydrogens (tertiary/aromatic N) is 1. The van der Waals surface area contributed by atoms with Crippen LogP contribution < -0.4 is 20.1 Å². The highest BCUT2D eigenvalue weighted by Crippen LogP contribution is 2.24. The maximum Gasteiger partial charge on any atom is 0.319 e. The second-order valence-corrected chi connectivity index (χ2v) is 6.18. The minimum Gasteiger partial charge on any atom is -0.497 e. The number of pyridine rings is 1. The molecule has 0 spiro atoms. The molecule has 144 valence electrons. The fraction of sp³-hybridized carbons (Fsp3) is 0.182. The summed E-state index contributed by atoms with van der Waals surface area (Å²) in [4.78, 5) is 16.4. The van der Waals surface area contributed by atoms with Crippen LogP contribution in [-0.2, 0) is 0 Å². The smallest absolute Gasteiger partial charge is 0.319 e. The van der Waals surface area contributed by atoms with Gasteiger partial charge in [0.25, 0.3) is 0 Å². The largest absolute Gasteiger partial charge is 0.497 e. The molecule has 0 atom stereocenters. The van der Waals surface area contributed by atoms with Gasteiger partial charge in [-0.15, -0.1) is 0 Å². The summed E-state index contributed by atoms with van der Waals surface area (Å²) in [5.74, 6) is 1.42. The van der Waals surface area contributed by atoms with E-state index in [-0.39, 0.29) is 6.03 Å². The Labute approximate surface area is 164 Å². The lowest BCUT2D eigenvalue weighted by Crippen LogP contribution is -2.32. The Balaban J connectivity index is 1.52. The number of ether oxygens (including phenoxy) is 2. The summed E-state index contributed by atoms with van der Waals surface area (Å²) in [5, 5.41) is 5.69. The third-order valence-corrected chi connectivity index (χ3v) is 4.18. The van der Waals surface area contributed by atoms with Crippen LogP contribution in [0, 0.1) is 6.92 Å². The zero-order valence-corrected chi connectivity index (χ0v) is 15.9. The number of aromatic nitrogens is 1. The number of nitrogens with one attached hydrogen (secondary N) is 2. The Bertz CT molecular complexity index is 929. The van der Waals surface area contributed by atoms with Crippen LogP contribution in [0.15, 0.2) is 67.0 Å². The summed E-state index contributed by atoms with van der Waals surface area (Å²) in [6.45, 7) is 2.69. The average Bonchev–Trinajstić information content (AvgIpc) is 2.73. The van der Waals surface area contributed by atoms with Crippen LogP contribution in [0.4, 0.5) is 10.5 Å². The number of urea groups is 1. The maximum atomic E-state index is 12.2. The standard InChI is InChI=1S/C22H23N3O3/c1-16-8-9-17(18-5-4-10-23-15-18)13-21(16)25-22(26)24-11-12-28-20-7-3-6-19(14-20)27-2/h3-10,13-15H,11-12H2,1-2H3,(H2,24,25,26). The number of benzene rings is 2. The zero-order valence-electron chi connectivity index (χ0n) is 15.9. The summed E-state index contributed by atoms with van der Waals surface area (Å²) >= 11 is 0. The number of carbonyl (C=O) groups is 1. The van der Waals surface area contributed by atoms with Crippen LogP contribution >= 0.6 is 0 Å². The van der Waals surface area contributed by atoms with E-state index in [1.807, 2.05) is 55.5 Å². The van der Waals surface area contributed by atoms with Gasteiger partial charge in [0.1, 0.15) is 18.1 Å². The highest BCUT2D eigenvalue weighted by Gasteiger charge is 2.07. The van der Waals surface area contributed by atoms with Crippen LogP contribution in [0.1, 0.15) is 5.56 Å². The number of methoxy groups -OCH3 is 1. The molecular weight excluding hydrogens is 354 g/mol. The van der Waals surface area contributed by atoms with Crippen molar-refractivity contribution in [2.75, 3.05) is 25.6 Å². The molecule has 2 aromatic carbocycles. The first-order valence-electron chi connectivity index (χ1n) is 8.98. The molecule has 0 unspecified atom stereocenters. The van der Waals surface area contributed by atoms with Crippen LogP contribution in [0.2, 0.25) is 0 Å². The molecular formula is C22H23N3O3. The van der Waals surface area contributed by atoms with E-state index in [1.165, 1.54) is 0 Å². The molecule has 3 rings (SSSR count). The van der Waals surface area contributed by atoms with Crippen molar-refractivity contribution in [3.63, 3.8) is 0 Å². The summed E-state index contributed by atoms with van der Waals surface area (Å²) in [5.41, 5.74) is 3.73. The minimum absolute atomic E-state index is 0.277. The van der Waals surface area contributed by atoms with E-state index < -0.39 is 0 Å². The SMILES string of the molecule is COc1cccc(OCCNC(=O)Nc2cc(-c3cccnc3)ccc2C)c1. The van der Waals surface area contributed by atoms with Crippen molar-refractivity contribution in [3.05, 3.63) is 72.6 Å². The molecule has 6 heteroatoms. The van der Waals surface area contributed by atoms with Gasteiger partial charge >= 0.3 is 6.03 Å². The predicted molar refractivity (Wildman–Crippen MR) is 110 cm³/mol. The van der Waals surface area contributed by atoms with E-state index >= 15 is 0 Å². The highest BCUT2D eigenvalue weighted by atomic mass is 16.5. The molecule has 3 aromatic rings. The van der Waals surface area contributed by atoms with Crippen molar-refractivity contribution in [3.8, 4) is 22.6 Å². The molecule has 0 saturated heterocycles. The van der Waals surface area contributed by atoms with E-state index in [9.17, 15) is 4.79 Å². The summed E-state index contributed by atoms with van der Waals surface area (Å²) < 4.78 is 10.8. The van der Waals surface area contributed by atoms with Gasteiger partial charge in [-0.1, -0.05) is 24.3 Å². The number of hydrogen-bond donors (Lipinski definition) is 2. The molecule has 0 bridgehead atoms. The van der Waals surface area contributed by atoms with Crippen LogP contribution in [0.5, 0.6) is 11.5 Å². The van der Waals surface area contributed by atoms with Crippen molar-refractivity contribution < 1.29 is 14.3 Å². The Kier molecular flexibility index (Phi) is 6.46. The Morgan fingerprint density at radius 2 is 1.89 bits per heavy atom. The maximum absolute atomic E-state index is 12.2. The first-order valence-corrected chi connectivity index (χ1v) is 8.98. The van der Waals surface area contributed by atoms with E-state index in [4.69, 9.17) is 9.47 Å². The third-order valence-electron chi connectivity index (χ3n) is 4.18. The summed E-state index contributed by atoms with van der Waals surface area (Å²) in [7, 11) is 1.61. The summed E-state index contributed by atoms with van der Waals surface area (Å²) in [6, 6.07) is 16.9. The molecule has 2 N–H and O–H groups in total. The quantitative estimate of drug-likeness (QED) is 0.603. The van der Waals surface area contributed by atoms with Gasteiger partial charge in [0.15, 0.2) is 0 Å². The first kappa shape index (κ1) is 19.2. The second-order valence-electron chi connectivity index (χ2n) is 6.18. The molecule has 1 aromatic heterocycles. The normalized spacial score (nSPS) is 10.2. The van der Waals surface area contributed by atoms with Gasteiger partial charge in [0, 0.05) is 29.7 Å². The molecule has 0 radical (unpaired) electrons. The van der Waals surface area contributed by atoms with Gasteiger partial charge in [-0.3, -0.25) is 4.98 Å². The van der Waals surface area contributed by atoms with Crippen molar-refractivity contribution in [1.82, 2.24) is 10.3 Å². The molecule has 6 nitrogen and oxygen atoms in total. The molecule has 0 aliphatic carbocycles. The van der Waals surface area contributed by atoms with Gasteiger partial charge in [0.2, 0.25) is 0 Å². The lowest BCUT2D eigenvalue weighted by molar-refractivity contribution is 0.247. The molecule has 1 heterocycles. The van der Waals surface area contributed by atoms with Gasteiger partial charge in [-0.2, -0.15) is 0 Å². The van der Waals surface area contributed by atoms with Gasteiger partial charge in [-0.05, 0) is 42.3 Å². The minimum atomic E-state index is -0.277. The molecule has 0 saturated carbocycles. The first-order chi connectivity index (χ1) is 13.7. The Morgan fingerprint density at radius 3 is 2.68 bits per heavy atom. The number of anilines is 1. The molecule has 0 aliphatic heterocycles. The van der Waals surface area contributed by atoms with Crippen LogP contribution in [0.3, 0.4) is 0 Å². The average molecular weight is 377 g/mol. The molecule has 0 aliphatic rings. The van der Waals surface area contributed by atoms with Gasteiger partial charge in [-0.25, -0.2) is 4.79 Å². The Morgan fingerprint density at radius 1 is 1.04 bits per heavy atom.